The van der Waals surface area contributed by atoms with Gasteiger partial charge in [-0.05, 0) is 6.07 Å². The summed E-state index contributed by atoms with van der Waals surface area (Å²) in [7, 11) is 0. The van der Waals surface area contributed by atoms with Crippen molar-refractivity contribution in [3.8, 4) is 11.3 Å². The van der Waals surface area contributed by atoms with Crippen molar-refractivity contribution in [2.45, 2.75) is 0 Å². The molecule has 0 bridgehead atoms. The maximum Gasteiger partial charge on any atom is 0.181 e. The monoisotopic (exact) mass is 231 g/mol. The van der Waals surface area contributed by atoms with Gasteiger partial charge in [-0.25, -0.2) is 14.4 Å². The van der Waals surface area contributed by atoms with Crippen LogP contribution in [0.2, 0.25) is 0 Å². The molecule has 0 aliphatic heterocycles. The van der Waals surface area contributed by atoms with Crippen LogP contribution in [0.15, 0.2) is 35.5 Å². The molecule has 3 rings (SSSR count). The third-order valence-electron chi connectivity index (χ3n) is 2.42. The molecule has 0 saturated carbocycles. The highest BCUT2D eigenvalue weighted by Crippen LogP contribution is 2.24. The van der Waals surface area contributed by atoms with E-state index < -0.39 is 5.82 Å². The lowest BCUT2D eigenvalue weighted by Crippen LogP contribution is -1.94. The van der Waals surface area contributed by atoms with Crippen LogP contribution in [0.1, 0.15) is 10.5 Å². The lowest BCUT2D eigenvalue weighted by Gasteiger charge is -2.01. The van der Waals surface area contributed by atoms with Crippen molar-refractivity contribution in [1.82, 2.24) is 14.4 Å². The Labute approximate surface area is 94.5 Å². The van der Waals surface area contributed by atoms with Crippen LogP contribution in [0.5, 0.6) is 0 Å². The van der Waals surface area contributed by atoms with Gasteiger partial charge in [0.15, 0.2) is 18.4 Å². The minimum absolute atomic E-state index is 0.278. The summed E-state index contributed by atoms with van der Waals surface area (Å²) in [5, 5.41) is 0. The molecule has 6 heteroatoms. The van der Waals surface area contributed by atoms with Gasteiger partial charge in [-0.15, -0.1) is 0 Å². The van der Waals surface area contributed by atoms with Crippen LogP contribution in [-0.4, -0.2) is 20.7 Å². The van der Waals surface area contributed by atoms with Gasteiger partial charge < -0.3 is 4.42 Å². The van der Waals surface area contributed by atoms with E-state index in [4.69, 9.17) is 4.42 Å². The molecule has 0 N–H and O–H groups in total. The summed E-state index contributed by atoms with van der Waals surface area (Å²) in [5.74, 6) is -0.0810. The molecule has 3 heterocycles. The maximum absolute atomic E-state index is 13.5. The van der Waals surface area contributed by atoms with Gasteiger partial charge in [-0.1, -0.05) is 0 Å². The number of carbonyl (C=O) groups excluding carboxylic acids is 1. The molecule has 0 aromatic carbocycles. The largest absolute Gasteiger partial charge is 0.443 e. The lowest BCUT2D eigenvalue weighted by atomic mass is 10.2. The van der Waals surface area contributed by atoms with E-state index in [0.29, 0.717) is 23.3 Å². The Kier molecular flexibility index (Phi) is 2.01. The molecule has 17 heavy (non-hydrogen) atoms. The average molecular weight is 231 g/mol. The van der Waals surface area contributed by atoms with Crippen molar-refractivity contribution in [2.24, 2.45) is 0 Å². The van der Waals surface area contributed by atoms with Crippen molar-refractivity contribution in [3.63, 3.8) is 0 Å². The highest BCUT2D eigenvalue weighted by molar-refractivity contribution is 5.79. The van der Waals surface area contributed by atoms with E-state index in [-0.39, 0.29) is 5.69 Å². The van der Waals surface area contributed by atoms with Gasteiger partial charge in [0.05, 0.1) is 18.0 Å². The van der Waals surface area contributed by atoms with Gasteiger partial charge in [-0.2, -0.15) is 0 Å². The summed E-state index contributed by atoms with van der Waals surface area (Å²) in [6.45, 7) is 0. The lowest BCUT2D eigenvalue weighted by molar-refractivity contribution is 0.111. The average Bonchev–Trinajstić information content (AvgIpc) is 2.96. The molecule has 3 aromatic heterocycles. The molecule has 0 aliphatic rings. The molecule has 0 atom stereocenters. The normalized spacial score (nSPS) is 10.9. The summed E-state index contributed by atoms with van der Waals surface area (Å²) in [4.78, 5) is 18.6. The number of aldehydes is 1. The van der Waals surface area contributed by atoms with Gasteiger partial charge in [0.1, 0.15) is 17.2 Å². The second-order valence-electron chi connectivity index (χ2n) is 3.43. The molecular formula is C11H6FN3O2. The fraction of sp³-hybridized carbons (Fsp3) is 0. The Bertz CT molecular complexity index is 688. The fourth-order valence-corrected chi connectivity index (χ4v) is 1.69. The Balaban J connectivity index is 2.38. The number of hydrogen-bond acceptors (Lipinski definition) is 4. The number of imidazole rings is 1. The highest BCUT2D eigenvalue weighted by atomic mass is 19.1. The number of nitrogens with zero attached hydrogens (tertiary/aromatic N) is 3. The van der Waals surface area contributed by atoms with E-state index in [1.54, 1.807) is 0 Å². The van der Waals surface area contributed by atoms with Crippen LogP contribution in [0.3, 0.4) is 0 Å². The topological polar surface area (TPSA) is 60.4 Å². The molecule has 0 radical (unpaired) electrons. The predicted octanol–water partition coefficient (Wildman–Crippen LogP) is 1.94. The van der Waals surface area contributed by atoms with E-state index in [2.05, 4.69) is 9.97 Å². The molecule has 0 spiro atoms. The molecule has 0 fully saturated rings. The molecule has 5 nitrogen and oxygen atoms in total. The Morgan fingerprint density at radius 1 is 1.41 bits per heavy atom. The van der Waals surface area contributed by atoms with Gasteiger partial charge >= 0.3 is 0 Å². The minimum Gasteiger partial charge on any atom is -0.443 e. The quantitative estimate of drug-likeness (QED) is 0.632. The summed E-state index contributed by atoms with van der Waals surface area (Å²) in [5.41, 5.74) is 1.18. The van der Waals surface area contributed by atoms with Crippen LogP contribution in [0, 0.1) is 5.82 Å². The van der Waals surface area contributed by atoms with Gasteiger partial charge in [0, 0.05) is 6.20 Å². The third-order valence-corrected chi connectivity index (χ3v) is 2.42. The van der Waals surface area contributed by atoms with Crippen molar-refractivity contribution in [2.75, 3.05) is 0 Å². The highest BCUT2D eigenvalue weighted by Gasteiger charge is 2.13. The van der Waals surface area contributed by atoms with Gasteiger partial charge in [-0.3, -0.25) is 9.20 Å². The zero-order chi connectivity index (χ0) is 11.8. The van der Waals surface area contributed by atoms with E-state index in [1.165, 1.54) is 35.5 Å². The molecule has 0 unspecified atom stereocenters. The number of carbonyl (C=O) groups is 1. The molecule has 0 aliphatic carbocycles. The molecular weight excluding hydrogens is 225 g/mol. The van der Waals surface area contributed by atoms with Crippen LogP contribution >= 0.6 is 0 Å². The smallest absolute Gasteiger partial charge is 0.181 e. The van der Waals surface area contributed by atoms with Crippen molar-refractivity contribution >= 4 is 11.9 Å². The van der Waals surface area contributed by atoms with Crippen molar-refractivity contribution in [1.29, 1.82) is 0 Å². The first kappa shape index (κ1) is 9.71. The number of pyridine rings is 1. The van der Waals surface area contributed by atoms with Gasteiger partial charge in [0.2, 0.25) is 0 Å². The first-order valence-electron chi connectivity index (χ1n) is 4.80. The molecule has 84 valence electrons. The van der Waals surface area contributed by atoms with E-state index in [1.807, 2.05) is 0 Å². The Morgan fingerprint density at radius 2 is 2.29 bits per heavy atom. The summed E-state index contributed by atoms with van der Waals surface area (Å²) >= 11 is 0. The predicted molar refractivity (Wildman–Crippen MR) is 56.0 cm³/mol. The maximum atomic E-state index is 13.5. The van der Waals surface area contributed by atoms with Crippen LogP contribution < -0.4 is 0 Å². The van der Waals surface area contributed by atoms with Crippen LogP contribution in [0.4, 0.5) is 4.39 Å². The van der Waals surface area contributed by atoms with Gasteiger partial charge in [0.25, 0.3) is 0 Å². The summed E-state index contributed by atoms with van der Waals surface area (Å²) in [6, 6.07) is 1.29. The Hall–Kier alpha value is -2.50. The first-order chi connectivity index (χ1) is 8.29. The summed E-state index contributed by atoms with van der Waals surface area (Å²) in [6.07, 6.45) is 5.90. The Morgan fingerprint density at radius 3 is 3.00 bits per heavy atom. The van der Waals surface area contributed by atoms with Crippen LogP contribution in [-0.2, 0) is 0 Å². The fourth-order valence-electron chi connectivity index (χ4n) is 1.69. The van der Waals surface area contributed by atoms with E-state index in [0.717, 1.165) is 0 Å². The molecule has 0 saturated heterocycles. The second kappa shape index (κ2) is 3.51. The third kappa shape index (κ3) is 1.42. The number of hydrogen-bond donors (Lipinski definition) is 0. The van der Waals surface area contributed by atoms with Crippen molar-refractivity contribution in [3.05, 3.63) is 42.6 Å². The number of oxazole rings is 1. The first-order valence-corrected chi connectivity index (χ1v) is 4.80. The number of aromatic nitrogens is 3. The van der Waals surface area contributed by atoms with E-state index in [9.17, 15) is 9.18 Å². The SMILES string of the molecule is O=Cc1cnc2c(-c3cnco3)cc(F)cn12. The molecule has 0 amide bonds. The summed E-state index contributed by atoms with van der Waals surface area (Å²) < 4.78 is 19.9. The zero-order valence-corrected chi connectivity index (χ0v) is 8.50. The number of rotatable bonds is 2. The van der Waals surface area contributed by atoms with Crippen molar-refractivity contribution < 1.29 is 13.6 Å². The van der Waals surface area contributed by atoms with E-state index >= 15 is 0 Å². The number of halogens is 1. The zero-order valence-electron chi connectivity index (χ0n) is 8.50. The molecule has 3 aromatic rings. The van der Waals surface area contributed by atoms with Crippen LogP contribution in [0.25, 0.3) is 17.0 Å². The second-order valence-corrected chi connectivity index (χ2v) is 3.43. The standard InChI is InChI=1S/C11H6FN3O2/c12-7-1-9(10-3-13-6-17-10)11-14-2-8(5-16)15(11)4-7/h1-6H. The number of fused-ring (bicyclic) bond motifs is 1. The minimum atomic E-state index is -0.481.